The average Bonchev–Trinajstić information content (AvgIpc) is 2.56. The van der Waals surface area contributed by atoms with Crippen LogP contribution in [0.5, 0.6) is 11.5 Å². The summed E-state index contributed by atoms with van der Waals surface area (Å²) in [5, 5.41) is 7.89. The molecule has 0 spiro atoms. The van der Waals surface area contributed by atoms with Gasteiger partial charge in [0.1, 0.15) is 0 Å². The fourth-order valence-corrected chi connectivity index (χ4v) is 1.93. The second-order valence-corrected chi connectivity index (χ2v) is 4.83. The minimum Gasteiger partial charge on any atom is -0.493 e. The maximum absolute atomic E-state index is 11.8. The van der Waals surface area contributed by atoms with Crippen molar-refractivity contribution in [2.45, 2.75) is 6.92 Å². The van der Waals surface area contributed by atoms with E-state index in [-0.39, 0.29) is 12.6 Å². The van der Waals surface area contributed by atoms with E-state index in [1.165, 1.54) is 6.92 Å². The molecule has 0 aromatic heterocycles. The summed E-state index contributed by atoms with van der Waals surface area (Å²) in [6, 6.07) is 13.5. The molecule has 7 nitrogen and oxygen atoms in total. The van der Waals surface area contributed by atoms with E-state index in [0.29, 0.717) is 22.9 Å². The molecule has 2 rings (SSSR count). The maximum atomic E-state index is 11.8. The number of hydrogen-bond donors (Lipinski definition) is 3. The van der Waals surface area contributed by atoms with Crippen molar-refractivity contribution in [3.8, 4) is 11.5 Å². The van der Waals surface area contributed by atoms with E-state index >= 15 is 0 Å². The molecule has 0 aliphatic rings. The predicted molar refractivity (Wildman–Crippen MR) is 91.4 cm³/mol. The van der Waals surface area contributed by atoms with Crippen LogP contribution >= 0.6 is 0 Å². The van der Waals surface area contributed by atoms with E-state index in [0.717, 1.165) is 0 Å². The first kappa shape index (κ1) is 17.1. The summed E-state index contributed by atoms with van der Waals surface area (Å²) in [4.78, 5) is 22.8. The zero-order chi connectivity index (χ0) is 17.4. The Labute approximate surface area is 140 Å². The summed E-state index contributed by atoms with van der Waals surface area (Å²) in [7, 11) is 1.55. The van der Waals surface area contributed by atoms with Crippen molar-refractivity contribution in [3.05, 3.63) is 48.5 Å². The summed E-state index contributed by atoms with van der Waals surface area (Å²) in [5.74, 6) is 0.982. The van der Waals surface area contributed by atoms with E-state index in [1.54, 1.807) is 43.5 Å². The smallest absolute Gasteiger partial charge is 0.321 e. The molecule has 3 amide bonds. The molecule has 0 saturated heterocycles. The quantitative estimate of drug-likeness (QED) is 0.711. The van der Waals surface area contributed by atoms with E-state index in [4.69, 9.17) is 9.47 Å². The molecule has 0 saturated carbocycles. The summed E-state index contributed by atoms with van der Waals surface area (Å²) in [6.45, 7) is 1.43. The van der Waals surface area contributed by atoms with Gasteiger partial charge in [0.2, 0.25) is 5.91 Å². The van der Waals surface area contributed by atoms with Crippen molar-refractivity contribution in [2.24, 2.45) is 0 Å². The van der Waals surface area contributed by atoms with Gasteiger partial charge in [0.25, 0.3) is 0 Å². The highest BCUT2D eigenvalue weighted by molar-refractivity contribution is 5.91. The number of carbonyl (C=O) groups is 2. The highest BCUT2D eigenvalue weighted by Crippen LogP contribution is 2.25. The number of rotatable bonds is 6. The van der Waals surface area contributed by atoms with Crippen LogP contribution in [0.1, 0.15) is 6.92 Å². The van der Waals surface area contributed by atoms with E-state index < -0.39 is 6.03 Å². The van der Waals surface area contributed by atoms with Gasteiger partial charge in [-0.1, -0.05) is 12.1 Å². The molecule has 0 unspecified atom stereocenters. The van der Waals surface area contributed by atoms with Crippen molar-refractivity contribution < 1.29 is 19.1 Å². The molecular formula is C17H19N3O4. The van der Waals surface area contributed by atoms with Gasteiger partial charge in [0, 0.05) is 18.3 Å². The van der Waals surface area contributed by atoms with Gasteiger partial charge < -0.3 is 25.4 Å². The van der Waals surface area contributed by atoms with Crippen LogP contribution in [-0.2, 0) is 4.79 Å². The molecule has 24 heavy (non-hydrogen) atoms. The fraction of sp³-hybridized carbons (Fsp3) is 0.176. The first-order valence-electron chi connectivity index (χ1n) is 7.27. The Morgan fingerprint density at radius 3 is 2.08 bits per heavy atom. The van der Waals surface area contributed by atoms with Crippen molar-refractivity contribution in [1.29, 1.82) is 0 Å². The molecule has 0 bridgehead atoms. The lowest BCUT2D eigenvalue weighted by molar-refractivity contribution is -0.114. The topological polar surface area (TPSA) is 88.7 Å². The Bertz CT molecular complexity index is 701. The third-order valence-corrected chi connectivity index (χ3v) is 2.99. The molecule has 7 heteroatoms. The third-order valence-electron chi connectivity index (χ3n) is 2.99. The highest BCUT2D eigenvalue weighted by atomic mass is 16.5. The van der Waals surface area contributed by atoms with E-state index in [9.17, 15) is 9.59 Å². The Balaban J connectivity index is 1.80. The molecule has 3 N–H and O–H groups in total. The van der Waals surface area contributed by atoms with Gasteiger partial charge in [-0.15, -0.1) is 0 Å². The Kier molecular flexibility index (Phi) is 6.01. The minimum atomic E-state index is -0.405. The molecule has 0 radical (unpaired) electrons. The number of urea groups is 1. The molecule has 2 aromatic rings. The van der Waals surface area contributed by atoms with Crippen LogP contribution in [0.15, 0.2) is 48.5 Å². The third kappa shape index (κ3) is 5.20. The SMILES string of the molecule is COc1ccccc1OCNC(=O)Nc1ccc(NC(C)=O)cc1. The van der Waals surface area contributed by atoms with Gasteiger partial charge >= 0.3 is 6.03 Å². The van der Waals surface area contributed by atoms with Crippen molar-refractivity contribution in [1.82, 2.24) is 5.32 Å². The second kappa shape index (κ2) is 8.42. The van der Waals surface area contributed by atoms with Gasteiger partial charge in [0.15, 0.2) is 18.2 Å². The normalized spacial score (nSPS) is 9.75. The zero-order valence-corrected chi connectivity index (χ0v) is 13.5. The van der Waals surface area contributed by atoms with Crippen LogP contribution in [-0.4, -0.2) is 25.8 Å². The van der Waals surface area contributed by atoms with Gasteiger partial charge in [-0.3, -0.25) is 4.79 Å². The molecule has 0 heterocycles. The number of hydrogen-bond acceptors (Lipinski definition) is 4. The molecule has 0 atom stereocenters. The average molecular weight is 329 g/mol. The largest absolute Gasteiger partial charge is 0.493 e. The minimum absolute atomic E-state index is 0.00379. The monoisotopic (exact) mass is 329 g/mol. The zero-order valence-electron chi connectivity index (χ0n) is 13.5. The number of para-hydroxylation sites is 2. The lowest BCUT2D eigenvalue weighted by Crippen LogP contribution is -2.32. The van der Waals surface area contributed by atoms with E-state index in [2.05, 4.69) is 16.0 Å². The number of ether oxygens (including phenoxy) is 2. The van der Waals surface area contributed by atoms with E-state index in [1.807, 2.05) is 12.1 Å². The van der Waals surface area contributed by atoms with Crippen LogP contribution < -0.4 is 25.4 Å². The maximum Gasteiger partial charge on any atom is 0.321 e. The molecule has 0 aliphatic carbocycles. The predicted octanol–water partition coefficient (Wildman–Crippen LogP) is 2.81. The molecular weight excluding hydrogens is 310 g/mol. The lowest BCUT2D eigenvalue weighted by Gasteiger charge is -2.12. The first-order valence-corrected chi connectivity index (χ1v) is 7.27. The number of methoxy groups -OCH3 is 1. The summed E-state index contributed by atoms with van der Waals surface area (Å²) in [6.07, 6.45) is 0. The van der Waals surface area contributed by atoms with Crippen LogP contribution in [0.2, 0.25) is 0 Å². The fourth-order valence-electron chi connectivity index (χ4n) is 1.93. The molecule has 0 aliphatic heterocycles. The Morgan fingerprint density at radius 2 is 1.50 bits per heavy atom. The highest BCUT2D eigenvalue weighted by Gasteiger charge is 2.05. The van der Waals surface area contributed by atoms with Crippen LogP contribution in [0.4, 0.5) is 16.2 Å². The molecule has 0 fully saturated rings. The number of nitrogens with one attached hydrogen (secondary N) is 3. The van der Waals surface area contributed by atoms with Crippen molar-refractivity contribution >= 4 is 23.3 Å². The van der Waals surface area contributed by atoms with Crippen molar-refractivity contribution in [3.63, 3.8) is 0 Å². The van der Waals surface area contributed by atoms with Crippen LogP contribution in [0.3, 0.4) is 0 Å². The van der Waals surface area contributed by atoms with Gasteiger partial charge in [0.05, 0.1) is 7.11 Å². The standard InChI is InChI=1S/C17H19N3O4/c1-12(21)19-13-7-9-14(10-8-13)20-17(22)18-11-24-16-6-4-3-5-15(16)23-2/h3-10H,11H2,1-2H3,(H,19,21)(H2,18,20,22). The molecule has 126 valence electrons. The van der Waals surface area contributed by atoms with Crippen molar-refractivity contribution in [2.75, 3.05) is 24.5 Å². The first-order chi connectivity index (χ1) is 11.6. The number of benzene rings is 2. The summed E-state index contributed by atoms with van der Waals surface area (Å²) >= 11 is 0. The lowest BCUT2D eigenvalue weighted by atomic mass is 10.3. The van der Waals surface area contributed by atoms with Crippen LogP contribution in [0.25, 0.3) is 0 Å². The van der Waals surface area contributed by atoms with Gasteiger partial charge in [-0.25, -0.2) is 4.79 Å². The second-order valence-electron chi connectivity index (χ2n) is 4.83. The Morgan fingerprint density at radius 1 is 0.917 bits per heavy atom. The number of amides is 3. The Hall–Kier alpha value is -3.22. The molecule has 2 aromatic carbocycles. The number of anilines is 2. The summed E-state index contributed by atoms with van der Waals surface area (Å²) < 4.78 is 10.6. The summed E-state index contributed by atoms with van der Waals surface area (Å²) in [5.41, 5.74) is 1.26. The van der Waals surface area contributed by atoms with Gasteiger partial charge in [-0.05, 0) is 36.4 Å². The number of carbonyl (C=O) groups excluding carboxylic acids is 2. The van der Waals surface area contributed by atoms with Crippen LogP contribution in [0, 0.1) is 0 Å². The van der Waals surface area contributed by atoms with Gasteiger partial charge in [-0.2, -0.15) is 0 Å².